The van der Waals surface area contributed by atoms with Gasteiger partial charge in [0, 0.05) is 19.0 Å². The number of rotatable bonds is 1. The van der Waals surface area contributed by atoms with E-state index in [0.29, 0.717) is 24.3 Å². The number of fused-ring (bicyclic) bond motifs is 1. The minimum Gasteiger partial charge on any atom is -0.477 e. The number of anilines is 1. The van der Waals surface area contributed by atoms with E-state index in [2.05, 4.69) is 10.2 Å². The molecule has 0 bridgehead atoms. The highest BCUT2D eigenvalue weighted by Gasteiger charge is 2.27. The van der Waals surface area contributed by atoms with Gasteiger partial charge in [-0.3, -0.25) is 14.8 Å². The van der Waals surface area contributed by atoms with Crippen molar-refractivity contribution in [1.29, 1.82) is 0 Å². The van der Waals surface area contributed by atoms with Crippen molar-refractivity contribution in [2.75, 3.05) is 11.4 Å². The minimum absolute atomic E-state index is 0.0935. The number of aromatic amines is 1. The Morgan fingerprint density at radius 3 is 2.87 bits per heavy atom. The molecule has 0 aromatic carbocycles. The summed E-state index contributed by atoms with van der Waals surface area (Å²) in [6.45, 7) is 2.05. The first-order valence-corrected chi connectivity index (χ1v) is 4.70. The highest BCUT2D eigenvalue weighted by Crippen LogP contribution is 2.27. The molecule has 0 unspecified atom stereocenters. The van der Waals surface area contributed by atoms with Crippen LogP contribution in [-0.4, -0.2) is 33.7 Å². The fraction of sp³-hybridized carbons (Fsp3) is 0.444. The van der Waals surface area contributed by atoms with Gasteiger partial charge in [-0.15, -0.1) is 0 Å². The number of carbonyl (C=O) groups excluding carboxylic acids is 1. The van der Waals surface area contributed by atoms with Crippen LogP contribution in [0.5, 0.6) is 0 Å². The number of nitrogens with zero attached hydrogens (tertiary/aromatic N) is 2. The zero-order valence-electron chi connectivity index (χ0n) is 8.28. The van der Waals surface area contributed by atoms with Crippen LogP contribution in [0.15, 0.2) is 0 Å². The van der Waals surface area contributed by atoms with E-state index in [9.17, 15) is 9.59 Å². The van der Waals surface area contributed by atoms with Gasteiger partial charge in [-0.05, 0) is 12.8 Å². The minimum atomic E-state index is -1.03. The lowest BCUT2D eigenvalue weighted by Gasteiger charge is -2.24. The molecule has 6 heteroatoms. The van der Waals surface area contributed by atoms with Gasteiger partial charge in [-0.2, -0.15) is 5.10 Å². The summed E-state index contributed by atoms with van der Waals surface area (Å²) in [7, 11) is 0. The van der Waals surface area contributed by atoms with E-state index in [1.54, 1.807) is 0 Å². The second kappa shape index (κ2) is 3.38. The number of carboxylic acid groups (broad SMARTS) is 1. The molecule has 6 nitrogen and oxygen atoms in total. The summed E-state index contributed by atoms with van der Waals surface area (Å²) < 4.78 is 0. The first-order valence-electron chi connectivity index (χ1n) is 4.70. The van der Waals surface area contributed by atoms with E-state index < -0.39 is 5.97 Å². The van der Waals surface area contributed by atoms with Crippen molar-refractivity contribution in [3.8, 4) is 0 Å². The molecule has 0 spiro atoms. The molecule has 1 amide bonds. The summed E-state index contributed by atoms with van der Waals surface area (Å²) in [5.41, 5.74) is 0.722. The quantitative estimate of drug-likeness (QED) is 0.701. The Hall–Kier alpha value is -1.85. The number of H-pyrrole nitrogens is 1. The van der Waals surface area contributed by atoms with Crippen molar-refractivity contribution in [2.45, 2.75) is 19.8 Å². The molecule has 2 N–H and O–H groups in total. The van der Waals surface area contributed by atoms with Gasteiger partial charge >= 0.3 is 5.97 Å². The van der Waals surface area contributed by atoms with Crippen LogP contribution in [0.25, 0.3) is 0 Å². The molecule has 1 aliphatic rings. The number of carboxylic acids is 1. The van der Waals surface area contributed by atoms with Gasteiger partial charge in [0.1, 0.15) is 5.69 Å². The van der Waals surface area contributed by atoms with E-state index in [1.807, 2.05) is 0 Å². The third-order valence-corrected chi connectivity index (χ3v) is 2.50. The predicted molar refractivity (Wildman–Crippen MR) is 51.9 cm³/mol. The summed E-state index contributed by atoms with van der Waals surface area (Å²) in [5.74, 6) is -0.681. The molecule has 0 saturated heterocycles. The molecule has 1 aromatic heterocycles. The van der Waals surface area contributed by atoms with Crippen molar-refractivity contribution in [3.05, 3.63) is 11.3 Å². The van der Waals surface area contributed by atoms with Crippen molar-refractivity contribution in [1.82, 2.24) is 10.2 Å². The maximum absolute atomic E-state index is 11.3. The number of aromatic carboxylic acids is 1. The van der Waals surface area contributed by atoms with Crippen LogP contribution in [0, 0.1) is 0 Å². The average Bonchev–Trinajstić information content (AvgIpc) is 2.59. The number of nitrogens with one attached hydrogen (secondary N) is 1. The first kappa shape index (κ1) is 9.70. The molecular weight excluding hydrogens is 198 g/mol. The topological polar surface area (TPSA) is 86.3 Å². The monoisotopic (exact) mass is 209 g/mol. The Bertz CT molecular complexity index is 424. The second-order valence-electron chi connectivity index (χ2n) is 3.48. The Kier molecular flexibility index (Phi) is 2.18. The van der Waals surface area contributed by atoms with Crippen LogP contribution in [-0.2, 0) is 11.2 Å². The summed E-state index contributed by atoms with van der Waals surface area (Å²) in [4.78, 5) is 23.6. The Labute approximate surface area is 85.9 Å². The van der Waals surface area contributed by atoms with Crippen LogP contribution >= 0.6 is 0 Å². The third-order valence-electron chi connectivity index (χ3n) is 2.50. The SMILES string of the molecule is CC(=O)N1CCCc2c1n[nH]c2C(=O)O. The molecule has 80 valence electrons. The fourth-order valence-electron chi connectivity index (χ4n) is 1.82. The molecule has 15 heavy (non-hydrogen) atoms. The van der Waals surface area contributed by atoms with Gasteiger partial charge in [0.15, 0.2) is 5.82 Å². The van der Waals surface area contributed by atoms with Crippen LogP contribution < -0.4 is 4.90 Å². The zero-order chi connectivity index (χ0) is 11.0. The smallest absolute Gasteiger partial charge is 0.354 e. The van der Waals surface area contributed by atoms with Gasteiger partial charge in [-0.25, -0.2) is 4.79 Å². The first-order chi connectivity index (χ1) is 7.11. The van der Waals surface area contributed by atoms with Crippen LogP contribution in [0.2, 0.25) is 0 Å². The third kappa shape index (κ3) is 1.47. The van der Waals surface area contributed by atoms with Gasteiger partial charge in [0.05, 0.1) is 0 Å². The maximum atomic E-state index is 11.3. The van der Waals surface area contributed by atoms with Crippen molar-refractivity contribution in [3.63, 3.8) is 0 Å². The molecular formula is C9H11N3O3. The second-order valence-corrected chi connectivity index (χ2v) is 3.48. The number of hydrogen-bond donors (Lipinski definition) is 2. The summed E-state index contributed by atoms with van der Waals surface area (Å²) in [5, 5.41) is 15.2. The van der Waals surface area contributed by atoms with Crippen LogP contribution in [0.3, 0.4) is 0 Å². The number of carbonyl (C=O) groups is 2. The summed E-state index contributed by atoms with van der Waals surface area (Å²) in [6.07, 6.45) is 1.42. The number of aromatic nitrogens is 2. The molecule has 0 aliphatic carbocycles. The molecule has 2 rings (SSSR count). The van der Waals surface area contributed by atoms with Gasteiger partial charge in [-0.1, -0.05) is 0 Å². The van der Waals surface area contributed by atoms with E-state index in [-0.39, 0.29) is 11.6 Å². The molecule has 0 fully saturated rings. The fourth-order valence-corrected chi connectivity index (χ4v) is 1.82. The normalized spacial score (nSPS) is 14.9. The summed E-state index contributed by atoms with van der Waals surface area (Å²) >= 11 is 0. The highest BCUT2D eigenvalue weighted by molar-refractivity contribution is 5.95. The zero-order valence-corrected chi connectivity index (χ0v) is 8.28. The molecule has 0 atom stereocenters. The lowest BCUT2D eigenvalue weighted by atomic mass is 10.0. The van der Waals surface area contributed by atoms with Gasteiger partial charge in [0.25, 0.3) is 0 Å². The largest absolute Gasteiger partial charge is 0.477 e. The van der Waals surface area contributed by atoms with Crippen molar-refractivity contribution >= 4 is 17.7 Å². The molecule has 0 saturated carbocycles. The van der Waals surface area contributed by atoms with E-state index in [4.69, 9.17) is 5.11 Å². The average molecular weight is 209 g/mol. The van der Waals surface area contributed by atoms with Crippen molar-refractivity contribution in [2.24, 2.45) is 0 Å². The van der Waals surface area contributed by atoms with Gasteiger partial charge < -0.3 is 5.11 Å². The lowest BCUT2D eigenvalue weighted by Crippen LogP contribution is -2.33. The van der Waals surface area contributed by atoms with E-state index >= 15 is 0 Å². The Morgan fingerprint density at radius 1 is 1.53 bits per heavy atom. The predicted octanol–water partition coefficient (Wildman–Crippen LogP) is 0.407. The molecule has 1 aliphatic heterocycles. The van der Waals surface area contributed by atoms with E-state index in [0.717, 1.165) is 6.42 Å². The molecule has 1 aromatic rings. The van der Waals surface area contributed by atoms with Crippen molar-refractivity contribution < 1.29 is 14.7 Å². The van der Waals surface area contributed by atoms with Crippen LogP contribution in [0.4, 0.5) is 5.82 Å². The Morgan fingerprint density at radius 2 is 2.27 bits per heavy atom. The molecule has 2 heterocycles. The van der Waals surface area contributed by atoms with Crippen LogP contribution in [0.1, 0.15) is 29.4 Å². The number of amides is 1. The van der Waals surface area contributed by atoms with E-state index in [1.165, 1.54) is 11.8 Å². The lowest BCUT2D eigenvalue weighted by molar-refractivity contribution is -0.116. The standard InChI is InChI=1S/C9H11N3O3/c1-5(13)12-4-2-3-6-7(9(14)15)10-11-8(6)12/h2-4H2,1H3,(H,10,11)(H,14,15). The number of hydrogen-bond acceptors (Lipinski definition) is 3. The highest BCUT2D eigenvalue weighted by atomic mass is 16.4. The van der Waals surface area contributed by atoms with Gasteiger partial charge in [0.2, 0.25) is 5.91 Å². The Balaban J connectivity index is 2.46. The summed E-state index contributed by atoms with van der Waals surface area (Å²) in [6, 6.07) is 0. The maximum Gasteiger partial charge on any atom is 0.354 e. The molecule has 0 radical (unpaired) electrons.